The Morgan fingerprint density at radius 2 is 1.89 bits per heavy atom. The average molecular weight is 259 g/mol. The van der Waals surface area contributed by atoms with Crippen LogP contribution in [0, 0.1) is 12.7 Å². The molecule has 4 nitrogen and oxygen atoms in total. The SMILES string of the molecule is Cc1ccc(NC(=O)c2ccc(N)cc2N)cc1F. The lowest BCUT2D eigenvalue weighted by Crippen LogP contribution is -2.14. The van der Waals surface area contributed by atoms with Gasteiger partial charge in [0.25, 0.3) is 5.91 Å². The number of amides is 1. The lowest BCUT2D eigenvalue weighted by atomic mass is 10.1. The number of nitrogens with one attached hydrogen (secondary N) is 1. The van der Waals surface area contributed by atoms with E-state index in [1.807, 2.05) is 0 Å². The van der Waals surface area contributed by atoms with E-state index in [1.165, 1.54) is 18.2 Å². The Kier molecular flexibility index (Phi) is 3.37. The van der Waals surface area contributed by atoms with Gasteiger partial charge in [0.15, 0.2) is 0 Å². The molecule has 1 amide bonds. The largest absolute Gasteiger partial charge is 0.399 e. The van der Waals surface area contributed by atoms with Gasteiger partial charge < -0.3 is 16.8 Å². The lowest BCUT2D eigenvalue weighted by molar-refractivity contribution is 0.102. The van der Waals surface area contributed by atoms with E-state index in [0.717, 1.165) is 0 Å². The van der Waals surface area contributed by atoms with Crippen LogP contribution >= 0.6 is 0 Å². The molecule has 0 aliphatic rings. The molecule has 0 heterocycles. The van der Waals surface area contributed by atoms with Gasteiger partial charge in [-0.1, -0.05) is 6.07 Å². The fourth-order valence-electron chi connectivity index (χ4n) is 1.66. The Bertz CT molecular complexity index is 641. The van der Waals surface area contributed by atoms with E-state index in [-0.39, 0.29) is 11.5 Å². The van der Waals surface area contributed by atoms with Gasteiger partial charge in [-0.15, -0.1) is 0 Å². The van der Waals surface area contributed by atoms with E-state index in [0.29, 0.717) is 22.5 Å². The van der Waals surface area contributed by atoms with Gasteiger partial charge in [0.1, 0.15) is 5.82 Å². The second kappa shape index (κ2) is 4.97. The molecule has 0 radical (unpaired) electrons. The van der Waals surface area contributed by atoms with E-state index in [9.17, 15) is 9.18 Å². The van der Waals surface area contributed by atoms with Crippen molar-refractivity contribution in [1.29, 1.82) is 0 Å². The predicted octanol–water partition coefficient (Wildman–Crippen LogP) is 2.55. The fourth-order valence-corrected chi connectivity index (χ4v) is 1.66. The summed E-state index contributed by atoms with van der Waals surface area (Å²) < 4.78 is 13.4. The van der Waals surface area contributed by atoms with Crippen molar-refractivity contribution in [3.05, 3.63) is 53.3 Å². The van der Waals surface area contributed by atoms with Crippen LogP contribution in [-0.4, -0.2) is 5.91 Å². The normalized spacial score (nSPS) is 10.2. The molecule has 98 valence electrons. The molecule has 0 aliphatic carbocycles. The number of anilines is 3. The zero-order valence-corrected chi connectivity index (χ0v) is 10.4. The van der Waals surface area contributed by atoms with Crippen molar-refractivity contribution in [2.75, 3.05) is 16.8 Å². The van der Waals surface area contributed by atoms with Crippen molar-refractivity contribution in [1.82, 2.24) is 0 Å². The highest BCUT2D eigenvalue weighted by atomic mass is 19.1. The standard InChI is InChI=1S/C14H14FN3O/c1-8-2-4-10(7-12(8)15)18-14(19)11-5-3-9(16)6-13(11)17/h2-7H,16-17H2,1H3,(H,18,19). The summed E-state index contributed by atoms with van der Waals surface area (Å²) in [6, 6.07) is 9.11. The molecule has 2 rings (SSSR count). The van der Waals surface area contributed by atoms with E-state index < -0.39 is 5.91 Å². The number of rotatable bonds is 2. The van der Waals surface area contributed by atoms with Crippen LogP contribution in [0.3, 0.4) is 0 Å². The number of carbonyl (C=O) groups is 1. The number of hydrogen-bond acceptors (Lipinski definition) is 3. The molecule has 0 saturated heterocycles. The maximum atomic E-state index is 13.4. The first-order valence-corrected chi connectivity index (χ1v) is 5.70. The average Bonchev–Trinajstić information content (AvgIpc) is 2.33. The summed E-state index contributed by atoms with van der Waals surface area (Å²) in [5, 5.41) is 2.59. The second-order valence-corrected chi connectivity index (χ2v) is 4.26. The summed E-state index contributed by atoms with van der Waals surface area (Å²) in [5.74, 6) is -0.774. The summed E-state index contributed by atoms with van der Waals surface area (Å²) in [7, 11) is 0. The van der Waals surface area contributed by atoms with Crippen molar-refractivity contribution in [3.63, 3.8) is 0 Å². The van der Waals surface area contributed by atoms with Crippen molar-refractivity contribution >= 4 is 23.0 Å². The number of nitrogens with two attached hydrogens (primary N) is 2. The minimum absolute atomic E-state index is 0.282. The fraction of sp³-hybridized carbons (Fsp3) is 0.0714. The van der Waals surface area contributed by atoms with Crippen LogP contribution in [0.15, 0.2) is 36.4 Å². The molecule has 0 fully saturated rings. The van der Waals surface area contributed by atoms with Crippen LogP contribution in [0.2, 0.25) is 0 Å². The van der Waals surface area contributed by atoms with Gasteiger partial charge in [-0.05, 0) is 42.8 Å². The summed E-state index contributed by atoms with van der Waals surface area (Å²) in [6.07, 6.45) is 0. The summed E-state index contributed by atoms with van der Waals surface area (Å²) in [6.45, 7) is 1.65. The van der Waals surface area contributed by atoms with Gasteiger partial charge in [-0.3, -0.25) is 4.79 Å². The first kappa shape index (κ1) is 12.9. The summed E-state index contributed by atoms with van der Waals surface area (Å²) in [5.41, 5.74) is 13.2. The quantitative estimate of drug-likeness (QED) is 0.725. The highest BCUT2D eigenvalue weighted by Gasteiger charge is 2.10. The highest BCUT2D eigenvalue weighted by molar-refractivity contribution is 6.08. The van der Waals surface area contributed by atoms with E-state index in [4.69, 9.17) is 11.5 Å². The molecule has 2 aromatic rings. The molecule has 2 aromatic carbocycles. The highest BCUT2D eigenvalue weighted by Crippen LogP contribution is 2.19. The van der Waals surface area contributed by atoms with E-state index in [1.54, 1.807) is 25.1 Å². The predicted molar refractivity (Wildman–Crippen MR) is 74.4 cm³/mol. The Balaban J connectivity index is 2.23. The van der Waals surface area contributed by atoms with Crippen LogP contribution in [0.4, 0.5) is 21.5 Å². The van der Waals surface area contributed by atoms with E-state index in [2.05, 4.69) is 5.32 Å². The third kappa shape index (κ3) is 2.82. The molecule has 0 aromatic heterocycles. The Morgan fingerprint density at radius 3 is 2.53 bits per heavy atom. The van der Waals surface area contributed by atoms with Gasteiger partial charge in [-0.25, -0.2) is 4.39 Å². The molecular formula is C14H14FN3O. The van der Waals surface area contributed by atoms with Crippen molar-refractivity contribution in [2.24, 2.45) is 0 Å². The molecule has 0 aliphatic heterocycles. The second-order valence-electron chi connectivity index (χ2n) is 4.26. The van der Waals surface area contributed by atoms with Crippen molar-refractivity contribution in [2.45, 2.75) is 6.92 Å². The zero-order valence-electron chi connectivity index (χ0n) is 10.4. The monoisotopic (exact) mass is 259 g/mol. The molecule has 0 atom stereocenters. The number of halogens is 1. The van der Waals surface area contributed by atoms with Crippen molar-refractivity contribution < 1.29 is 9.18 Å². The molecule has 0 bridgehead atoms. The lowest BCUT2D eigenvalue weighted by Gasteiger charge is -2.08. The molecule has 5 N–H and O–H groups in total. The smallest absolute Gasteiger partial charge is 0.257 e. The van der Waals surface area contributed by atoms with Crippen LogP contribution in [-0.2, 0) is 0 Å². The number of carbonyl (C=O) groups excluding carboxylic acids is 1. The third-order valence-corrected chi connectivity index (χ3v) is 2.75. The number of aryl methyl sites for hydroxylation is 1. The Hall–Kier alpha value is -2.56. The van der Waals surface area contributed by atoms with E-state index >= 15 is 0 Å². The van der Waals surface area contributed by atoms with Gasteiger partial charge in [0, 0.05) is 17.1 Å². The van der Waals surface area contributed by atoms with Gasteiger partial charge in [0.2, 0.25) is 0 Å². The minimum atomic E-state index is -0.402. The van der Waals surface area contributed by atoms with Crippen LogP contribution in [0.25, 0.3) is 0 Å². The molecular weight excluding hydrogens is 245 g/mol. The van der Waals surface area contributed by atoms with Gasteiger partial charge in [0.05, 0.1) is 5.56 Å². The first-order valence-electron chi connectivity index (χ1n) is 5.70. The number of hydrogen-bond donors (Lipinski definition) is 3. The minimum Gasteiger partial charge on any atom is -0.399 e. The molecule has 19 heavy (non-hydrogen) atoms. The van der Waals surface area contributed by atoms with Gasteiger partial charge >= 0.3 is 0 Å². The van der Waals surface area contributed by atoms with Crippen LogP contribution < -0.4 is 16.8 Å². The molecule has 0 saturated carbocycles. The third-order valence-electron chi connectivity index (χ3n) is 2.75. The zero-order chi connectivity index (χ0) is 14.0. The Labute approximate surface area is 110 Å². The molecule has 0 unspecified atom stereocenters. The van der Waals surface area contributed by atoms with Gasteiger partial charge in [-0.2, -0.15) is 0 Å². The first-order chi connectivity index (χ1) is 8.97. The topological polar surface area (TPSA) is 81.1 Å². The van der Waals surface area contributed by atoms with Crippen LogP contribution in [0.5, 0.6) is 0 Å². The number of nitrogen functional groups attached to an aromatic ring is 2. The maximum absolute atomic E-state index is 13.4. The molecule has 5 heteroatoms. The Morgan fingerprint density at radius 1 is 1.16 bits per heavy atom. The summed E-state index contributed by atoms with van der Waals surface area (Å²) >= 11 is 0. The molecule has 0 spiro atoms. The number of benzene rings is 2. The summed E-state index contributed by atoms with van der Waals surface area (Å²) in [4.78, 5) is 12.0. The maximum Gasteiger partial charge on any atom is 0.257 e. The van der Waals surface area contributed by atoms with Crippen LogP contribution in [0.1, 0.15) is 15.9 Å². The van der Waals surface area contributed by atoms with Crippen molar-refractivity contribution in [3.8, 4) is 0 Å².